The number of hydrogen-bond donors (Lipinski definition) is 2. The van der Waals surface area contributed by atoms with E-state index in [0.29, 0.717) is 10.8 Å². The van der Waals surface area contributed by atoms with Crippen molar-refractivity contribution in [2.45, 2.75) is 31.0 Å². The number of carbonyl (C=O) groups is 1. The largest absolute Gasteiger partial charge is 0.481 e. The molecule has 158 valence electrons. The molecule has 2 rings (SSSR count). The Kier molecular flexibility index (Phi) is 7.15. The molecular formula is C18H18ClF3N2O4S. The molecule has 29 heavy (non-hydrogen) atoms. The topological polar surface area (TPSA) is 84.5 Å². The first-order chi connectivity index (χ1) is 13.4. The number of sulfonamides is 1. The third kappa shape index (κ3) is 6.91. The Morgan fingerprint density at radius 2 is 1.79 bits per heavy atom. The van der Waals surface area contributed by atoms with Crippen LogP contribution in [0.3, 0.4) is 0 Å². The Balaban J connectivity index is 2.00. The Hall–Kier alpha value is -2.30. The highest BCUT2D eigenvalue weighted by Gasteiger charge is 2.30. The number of ether oxygens (including phenoxy) is 1. The smallest absolute Gasteiger partial charge is 0.402 e. The van der Waals surface area contributed by atoms with Crippen LogP contribution in [0.25, 0.3) is 0 Å². The Morgan fingerprint density at radius 1 is 1.17 bits per heavy atom. The van der Waals surface area contributed by atoms with Crippen LogP contribution in [0, 0.1) is 6.92 Å². The van der Waals surface area contributed by atoms with Crippen LogP contribution in [0.1, 0.15) is 12.5 Å². The lowest BCUT2D eigenvalue weighted by Crippen LogP contribution is -2.33. The molecule has 2 N–H and O–H groups in total. The van der Waals surface area contributed by atoms with Crippen molar-refractivity contribution < 1.29 is 31.1 Å². The Bertz CT molecular complexity index is 980. The van der Waals surface area contributed by atoms with Crippen LogP contribution >= 0.6 is 11.6 Å². The quantitative estimate of drug-likeness (QED) is 0.670. The lowest BCUT2D eigenvalue weighted by molar-refractivity contribution is -0.122. The zero-order valence-electron chi connectivity index (χ0n) is 15.4. The van der Waals surface area contributed by atoms with Gasteiger partial charge in [0.15, 0.2) is 6.10 Å². The highest BCUT2D eigenvalue weighted by atomic mass is 35.5. The van der Waals surface area contributed by atoms with E-state index >= 15 is 0 Å². The maximum Gasteiger partial charge on any atom is 0.402 e. The summed E-state index contributed by atoms with van der Waals surface area (Å²) in [5, 5.41) is 3.08. The van der Waals surface area contributed by atoms with Crippen molar-refractivity contribution in [3.05, 3.63) is 53.1 Å². The number of aryl methyl sites for hydroxylation is 1. The fourth-order valence-electron chi connectivity index (χ4n) is 2.21. The van der Waals surface area contributed by atoms with Crippen molar-refractivity contribution in [1.82, 2.24) is 4.72 Å². The van der Waals surface area contributed by atoms with E-state index in [1.54, 1.807) is 25.1 Å². The van der Waals surface area contributed by atoms with E-state index < -0.39 is 34.8 Å². The molecule has 0 radical (unpaired) electrons. The standard InChI is InChI=1S/C18H18ClF3N2O4S/c1-11-9-13(19)3-8-16(11)28-12(2)17(25)24-14-4-6-15(7-5-14)29(26,27)23-10-18(20,21)22/h3-9,12,23H,10H2,1-2H3,(H,24,25). The minimum Gasteiger partial charge on any atom is -0.481 e. The normalized spacial score (nSPS) is 13.0. The third-order valence-electron chi connectivity index (χ3n) is 3.70. The summed E-state index contributed by atoms with van der Waals surface area (Å²) in [6.07, 6.45) is -5.54. The summed E-state index contributed by atoms with van der Waals surface area (Å²) in [4.78, 5) is 11.9. The second kappa shape index (κ2) is 9.02. The molecule has 0 aromatic heterocycles. The Labute approximate surface area is 171 Å². The molecule has 1 unspecified atom stereocenters. The van der Waals surface area contributed by atoms with Gasteiger partial charge in [0.2, 0.25) is 10.0 Å². The summed E-state index contributed by atoms with van der Waals surface area (Å²) in [6, 6.07) is 9.65. The SMILES string of the molecule is Cc1cc(Cl)ccc1OC(C)C(=O)Nc1ccc(S(=O)(=O)NCC(F)(F)F)cc1. The van der Waals surface area contributed by atoms with Crippen molar-refractivity contribution in [3.63, 3.8) is 0 Å². The fourth-order valence-corrected chi connectivity index (χ4v) is 3.45. The summed E-state index contributed by atoms with van der Waals surface area (Å²) in [5.74, 6) is -0.0145. The van der Waals surface area contributed by atoms with Crippen molar-refractivity contribution in [1.29, 1.82) is 0 Å². The van der Waals surface area contributed by atoms with Gasteiger partial charge in [-0.05, 0) is 61.9 Å². The van der Waals surface area contributed by atoms with E-state index in [0.717, 1.165) is 17.7 Å². The maximum atomic E-state index is 12.3. The minimum absolute atomic E-state index is 0.257. The van der Waals surface area contributed by atoms with E-state index in [1.165, 1.54) is 23.8 Å². The highest BCUT2D eigenvalue weighted by molar-refractivity contribution is 7.89. The number of benzene rings is 2. The van der Waals surface area contributed by atoms with Crippen LogP contribution in [0.4, 0.5) is 18.9 Å². The number of alkyl halides is 3. The van der Waals surface area contributed by atoms with Gasteiger partial charge in [0.05, 0.1) is 4.90 Å². The first-order valence-corrected chi connectivity index (χ1v) is 10.1. The molecular weight excluding hydrogens is 433 g/mol. The number of amides is 1. The van der Waals surface area contributed by atoms with Gasteiger partial charge in [0.1, 0.15) is 12.3 Å². The summed E-state index contributed by atoms with van der Waals surface area (Å²) in [6.45, 7) is 1.63. The molecule has 1 atom stereocenters. The number of anilines is 1. The summed E-state index contributed by atoms with van der Waals surface area (Å²) < 4.78 is 67.3. The molecule has 0 aliphatic rings. The van der Waals surface area contributed by atoms with Crippen LogP contribution < -0.4 is 14.8 Å². The molecule has 0 aliphatic heterocycles. The van der Waals surface area contributed by atoms with Crippen molar-refractivity contribution in [2.24, 2.45) is 0 Å². The predicted octanol–water partition coefficient (Wildman–Crippen LogP) is 3.90. The number of carbonyl (C=O) groups excluding carboxylic acids is 1. The second-order valence-corrected chi connectivity index (χ2v) is 8.33. The van der Waals surface area contributed by atoms with E-state index in [1.807, 2.05) is 0 Å². The second-order valence-electron chi connectivity index (χ2n) is 6.12. The maximum absolute atomic E-state index is 12.3. The van der Waals surface area contributed by atoms with E-state index in [4.69, 9.17) is 16.3 Å². The average Bonchev–Trinajstić information content (AvgIpc) is 2.62. The number of rotatable bonds is 7. The molecule has 0 saturated heterocycles. The number of halogens is 4. The van der Waals surface area contributed by atoms with Crippen molar-refractivity contribution in [2.75, 3.05) is 11.9 Å². The Morgan fingerprint density at radius 3 is 2.34 bits per heavy atom. The average molecular weight is 451 g/mol. The molecule has 6 nitrogen and oxygen atoms in total. The van der Waals surface area contributed by atoms with Crippen LogP contribution in [0.15, 0.2) is 47.4 Å². The molecule has 11 heteroatoms. The predicted molar refractivity (Wildman–Crippen MR) is 103 cm³/mol. The monoisotopic (exact) mass is 450 g/mol. The van der Waals surface area contributed by atoms with Gasteiger partial charge in [-0.1, -0.05) is 11.6 Å². The molecule has 0 heterocycles. The van der Waals surface area contributed by atoms with Gasteiger partial charge in [-0.2, -0.15) is 13.2 Å². The third-order valence-corrected chi connectivity index (χ3v) is 5.36. The van der Waals surface area contributed by atoms with Gasteiger partial charge in [0, 0.05) is 10.7 Å². The van der Waals surface area contributed by atoms with Crippen LogP contribution in [-0.4, -0.2) is 33.1 Å². The zero-order valence-corrected chi connectivity index (χ0v) is 17.0. The molecule has 0 fully saturated rings. The summed E-state index contributed by atoms with van der Waals surface area (Å²) in [5.41, 5.74) is 1.01. The van der Waals surface area contributed by atoms with Crippen LogP contribution in [0.2, 0.25) is 5.02 Å². The van der Waals surface area contributed by atoms with Gasteiger partial charge >= 0.3 is 6.18 Å². The van der Waals surface area contributed by atoms with Crippen molar-refractivity contribution >= 4 is 33.2 Å². The highest BCUT2D eigenvalue weighted by Crippen LogP contribution is 2.23. The molecule has 2 aromatic carbocycles. The zero-order chi connectivity index (χ0) is 21.8. The number of hydrogen-bond acceptors (Lipinski definition) is 4. The van der Waals surface area contributed by atoms with E-state index in [-0.39, 0.29) is 10.6 Å². The molecule has 1 amide bonds. The molecule has 0 bridgehead atoms. The van der Waals surface area contributed by atoms with Gasteiger partial charge < -0.3 is 10.1 Å². The first kappa shape index (κ1) is 23.0. The van der Waals surface area contributed by atoms with Crippen LogP contribution in [0.5, 0.6) is 5.75 Å². The number of nitrogens with one attached hydrogen (secondary N) is 2. The van der Waals surface area contributed by atoms with Gasteiger partial charge in [-0.15, -0.1) is 0 Å². The van der Waals surface area contributed by atoms with E-state index in [9.17, 15) is 26.4 Å². The van der Waals surface area contributed by atoms with Crippen molar-refractivity contribution in [3.8, 4) is 5.75 Å². The van der Waals surface area contributed by atoms with Gasteiger partial charge in [0.25, 0.3) is 5.91 Å². The van der Waals surface area contributed by atoms with Crippen LogP contribution in [-0.2, 0) is 14.8 Å². The summed E-state index contributed by atoms with van der Waals surface area (Å²) >= 11 is 5.87. The first-order valence-electron chi connectivity index (χ1n) is 8.27. The molecule has 0 spiro atoms. The van der Waals surface area contributed by atoms with E-state index in [2.05, 4.69) is 5.32 Å². The van der Waals surface area contributed by atoms with Gasteiger partial charge in [-0.3, -0.25) is 4.79 Å². The molecule has 2 aromatic rings. The minimum atomic E-state index is -4.67. The summed E-state index contributed by atoms with van der Waals surface area (Å²) in [7, 11) is -4.32. The van der Waals surface area contributed by atoms with Gasteiger partial charge in [-0.25, -0.2) is 13.1 Å². The lowest BCUT2D eigenvalue weighted by Gasteiger charge is -2.16. The fraction of sp³-hybridized carbons (Fsp3) is 0.278. The molecule has 0 aliphatic carbocycles. The lowest BCUT2D eigenvalue weighted by atomic mass is 10.2. The molecule has 0 saturated carbocycles.